The number of nitrogens with one attached hydrogen (secondary N) is 4. The number of H-pyrrole nitrogens is 4. The second-order valence-corrected chi connectivity index (χ2v) is 24.5. The molecule has 4 heterocycles. The van der Waals surface area contributed by atoms with Crippen LogP contribution < -0.4 is 0 Å². The Balaban J connectivity index is 1.13. The molecule has 2 unspecified atom stereocenters. The van der Waals surface area contributed by atoms with Crippen LogP contribution in [0.1, 0.15) is 287 Å². The highest BCUT2D eigenvalue weighted by atomic mass is 16.5. The molecular weight excluding hydrogens is 977 g/mol. The van der Waals surface area contributed by atoms with E-state index in [2.05, 4.69) is 134 Å². The number of hydrogen-bond acceptors (Lipinski definition) is 8. The molecule has 0 saturated carbocycles. The predicted molar refractivity (Wildman–Crippen MR) is 300 cm³/mol. The fourth-order valence-electron chi connectivity index (χ4n) is 14.7. The Hall–Kier alpha value is -7.08. The average molecular weight is 1050 g/mol. The van der Waals surface area contributed by atoms with Gasteiger partial charge in [0.15, 0.2) is 0 Å². The highest BCUT2D eigenvalue weighted by Gasteiger charge is 2.51. The molecule has 0 fully saturated rings. The second-order valence-electron chi connectivity index (χ2n) is 24.5. The maximum atomic E-state index is 14.9. The molecule has 0 saturated heterocycles. The summed E-state index contributed by atoms with van der Waals surface area (Å²) in [5, 5.41) is 0. The van der Waals surface area contributed by atoms with E-state index in [9.17, 15) is 19.2 Å². The Labute approximate surface area is 457 Å². The van der Waals surface area contributed by atoms with Gasteiger partial charge in [-0.25, -0.2) is 19.2 Å². The first kappa shape index (κ1) is 51.7. The molecule has 9 aliphatic rings. The summed E-state index contributed by atoms with van der Waals surface area (Å²) in [6, 6.07) is 17.6. The Bertz CT molecular complexity index is 3220. The van der Waals surface area contributed by atoms with Crippen LogP contribution in [0.2, 0.25) is 0 Å². The zero-order valence-electron chi connectivity index (χ0n) is 46.9. The van der Waals surface area contributed by atoms with Gasteiger partial charge in [-0.2, -0.15) is 0 Å². The van der Waals surface area contributed by atoms with E-state index in [0.717, 1.165) is 104 Å². The number of allylic oxidation sites excluding steroid dienone is 4. The van der Waals surface area contributed by atoms with E-state index < -0.39 is 23.8 Å². The quantitative estimate of drug-likeness (QED) is 0.0475. The van der Waals surface area contributed by atoms with Crippen molar-refractivity contribution in [1.29, 1.82) is 0 Å². The maximum Gasteiger partial charge on any atom is 0.355 e. The third-order valence-corrected chi connectivity index (χ3v) is 18.1. The number of esters is 4. The lowest BCUT2D eigenvalue weighted by molar-refractivity contribution is 0.0507. The van der Waals surface area contributed by atoms with Crippen LogP contribution in [0.25, 0.3) is 0 Å². The Kier molecular flexibility index (Phi) is 12.8. The smallest absolute Gasteiger partial charge is 0.355 e. The molecular formula is C66H74N4O8. The first-order valence-electron chi connectivity index (χ1n) is 28.7. The molecule has 0 radical (unpaired) electrons. The number of ether oxygens (including phenoxy) is 4. The molecule has 0 aliphatic heterocycles. The number of benzene rings is 2. The largest absolute Gasteiger partial charge is 0.461 e. The van der Waals surface area contributed by atoms with Gasteiger partial charge in [-0.1, -0.05) is 114 Å². The number of aromatic amines is 4. The molecule has 4 aromatic heterocycles. The number of hydrogen-bond donors (Lipinski definition) is 4. The zero-order chi connectivity index (χ0) is 54.7. The van der Waals surface area contributed by atoms with Gasteiger partial charge in [0.2, 0.25) is 0 Å². The van der Waals surface area contributed by atoms with E-state index in [1.807, 2.05) is 27.7 Å². The van der Waals surface area contributed by atoms with Crippen LogP contribution in [0.3, 0.4) is 0 Å². The summed E-state index contributed by atoms with van der Waals surface area (Å²) in [5.74, 6) is -3.14. The van der Waals surface area contributed by atoms with Gasteiger partial charge in [-0.05, 0) is 144 Å². The average Bonchev–Trinajstić information content (AvgIpc) is 4.21. The molecule has 4 N–H and O–H groups in total. The van der Waals surface area contributed by atoms with Crippen molar-refractivity contribution in [2.75, 3.05) is 26.4 Å². The van der Waals surface area contributed by atoms with Crippen molar-refractivity contribution in [1.82, 2.24) is 19.9 Å². The van der Waals surface area contributed by atoms with Crippen LogP contribution >= 0.6 is 0 Å². The van der Waals surface area contributed by atoms with E-state index in [-0.39, 0.29) is 84.7 Å². The van der Waals surface area contributed by atoms with Crippen molar-refractivity contribution >= 4 is 23.9 Å². The molecule has 0 spiro atoms. The summed E-state index contributed by atoms with van der Waals surface area (Å²) >= 11 is 0. The zero-order valence-corrected chi connectivity index (χ0v) is 46.9. The minimum atomic E-state index is -0.503. The summed E-state index contributed by atoms with van der Waals surface area (Å²) in [7, 11) is 0. The van der Waals surface area contributed by atoms with Crippen LogP contribution in [0, 0.1) is 0 Å². The minimum absolute atomic E-state index is 0.0532. The topological polar surface area (TPSA) is 168 Å². The molecule has 2 aromatic carbocycles. The van der Waals surface area contributed by atoms with Gasteiger partial charge in [-0.15, -0.1) is 0 Å². The van der Waals surface area contributed by atoms with Crippen LogP contribution in [0.5, 0.6) is 0 Å². The summed E-state index contributed by atoms with van der Waals surface area (Å²) in [6.45, 7) is 21.4. The van der Waals surface area contributed by atoms with Gasteiger partial charge < -0.3 is 38.9 Å². The molecule has 12 nitrogen and oxygen atoms in total. The molecule has 15 rings (SSSR count). The first-order valence-corrected chi connectivity index (χ1v) is 28.7. The van der Waals surface area contributed by atoms with E-state index >= 15 is 0 Å². The summed E-state index contributed by atoms with van der Waals surface area (Å²) in [5.41, 5.74) is 17.2. The Morgan fingerprint density at radius 3 is 0.936 bits per heavy atom. The summed E-state index contributed by atoms with van der Waals surface area (Å²) < 4.78 is 23.6. The van der Waals surface area contributed by atoms with Gasteiger partial charge in [0.1, 0.15) is 22.8 Å². The normalized spacial score (nSPS) is 21.9. The third kappa shape index (κ3) is 8.12. The van der Waals surface area contributed by atoms with Gasteiger partial charge >= 0.3 is 23.9 Å². The molecule has 6 aromatic rings. The van der Waals surface area contributed by atoms with Gasteiger partial charge in [0, 0.05) is 58.3 Å². The highest BCUT2D eigenvalue weighted by molar-refractivity contribution is 5.95. The van der Waals surface area contributed by atoms with Crippen molar-refractivity contribution in [2.45, 2.75) is 166 Å². The fourth-order valence-corrected chi connectivity index (χ4v) is 14.7. The van der Waals surface area contributed by atoms with Gasteiger partial charge in [-0.3, -0.25) is 0 Å². The monoisotopic (exact) mass is 1050 g/mol. The molecule has 0 amide bonds. The minimum Gasteiger partial charge on any atom is -0.461 e. The van der Waals surface area contributed by atoms with Crippen molar-refractivity contribution in [3.63, 3.8) is 0 Å². The first-order chi connectivity index (χ1) is 37.5. The fraction of sp³-hybridized carbons (Fsp3) is 0.455. The van der Waals surface area contributed by atoms with E-state index in [1.54, 1.807) is 0 Å². The number of carbonyl (C=O) groups excluding carboxylic acids is 4. The predicted octanol–water partition coefficient (Wildman–Crippen LogP) is 14.1. The maximum absolute atomic E-state index is 14.9. The Morgan fingerprint density at radius 1 is 0.397 bits per heavy atom. The van der Waals surface area contributed by atoms with Crippen molar-refractivity contribution in [3.05, 3.63) is 185 Å². The molecule has 406 valence electrons. The molecule has 8 atom stereocenters. The number of fused-ring (bicyclic) bond motifs is 3. The van der Waals surface area contributed by atoms with E-state index in [1.165, 1.54) is 11.1 Å². The van der Waals surface area contributed by atoms with Crippen LogP contribution in [-0.2, 0) is 29.8 Å². The lowest BCUT2D eigenvalue weighted by Crippen LogP contribution is -2.28. The highest BCUT2D eigenvalue weighted by Crippen LogP contribution is 2.62. The summed E-state index contributed by atoms with van der Waals surface area (Å²) in [4.78, 5) is 73.3. The standard InChI is InChI=1S/C66H74N4O8/c1-11-75-61(71)57-45-35-19-15-33(16-20-35)43(45)53(67-57)47(37-23-27-39(28-24-37)65(5,6)7)55-49-41-31-32-42(51(49)59(69-55)63(73)77-13-3)50-52(41)60(64(74)78-14-4)70-56(50)48(38-25-29-40(30-26-38)66(8,9)10)54-44-34-17-21-36(22-18-34)46(44)58(68-54)62(72)76-12-2/h15,17,19,21,23-30,33-36,41-42,47-48,67-70H,11-14,16,18,20,22,31-32H2,1-10H3/t33-,34-,35+,36+,41-,42-,47?,48?/m1/s1. The number of rotatable bonds is 14. The lowest BCUT2D eigenvalue weighted by Gasteiger charge is -2.40. The Morgan fingerprint density at radius 2 is 0.667 bits per heavy atom. The third-order valence-electron chi connectivity index (χ3n) is 18.1. The van der Waals surface area contributed by atoms with Crippen LogP contribution in [0.15, 0.2) is 72.8 Å². The van der Waals surface area contributed by atoms with Crippen molar-refractivity contribution in [2.24, 2.45) is 0 Å². The molecule has 6 bridgehead atoms. The molecule has 9 aliphatic carbocycles. The lowest BCUT2D eigenvalue weighted by atomic mass is 9.62. The van der Waals surface area contributed by atoms with Gasteiger partial charge in [0.05, 0.1) is 38.3 Å². The molecule has 12 heteroatoms. The van der Waals surface area contributed by atoms with Crippen molar-refractivity contribution < 1.29 is 38.1 Å². The van der Waals surface area contributed by atoms with Gasteiger partial charge in [0.25, 0.3) is 0 Å². The van der Waals surface area contributed by atoms with Crippen LogP contribution in [-0.4, -0.2) is 70.2 Å². The number of aromatic nitrogens is 4. The molecule has 78 heavy (non-hydrogen) atoms. The van der Waals surface area contributed by atoms with E-state index in [0.29, 0.717) is 35.6 Å². The summed E-state index contributed by atoms with van der Waals surface area (Å²) in [6.07, 6.45) is 14.2. The SMILES string of the molecule is CCOC(=O)c1[nH]c(C(c2ccc(C(C)(C)C)cc2)c2[nH]c(C(=O)OCC)c3c2[C@@H]2C=C[C@H]3CC2)c2c1[C@@H]1CC[C@H]2c2c(C(=O)OCC)[nH]c(C(c3ccc(C(C)(C)C)cc3)c3[nH]c(C(=O)OCC)c4c3[C@@H]3C=C[C@H]4CC3)c21. The van der Waals surface area contributed by atoms with Crippen LogP contribution in [0.4, 0.5) is 0 Å². The number of carbonyl (C=O) groups is 4. The van der Waals surface area contributed by atoms with E-state index in [4.69, 9.17) is 18.9 Å². The van der Waals surface area contributed by atoms with Crippen molar-refractivity contribution in [3.8, 4) is 0 Å². The second kappa shape index (κ2) is 19.4.